The van der Waals surface area contributed by atoms with Crippen LogP contribution in [0.15, 0.2) is 9.98 Å². The number of aliphatic imine (C=N–C) groups is 2. The average molecular weight is 407 g/mol. The maximum Gasteiger partial charge on any atom is 0.234 e. The van der Waals surface area contributed by atoms with E-state index in [4.69, 9.17) is 0 Å². The Morgan fingerprint density at radius 1 is 0.621 bits per heavy atom. The number of isocyanates is 2. The fourth-order valence-electron chi connectivity index (χ4n) is 4.65. The van der Waals surface area contributed by atoms with Crippen molar-refractivity contribution in [2.75, 3.05) is 13.1 Å². The summed E-state index contributed by atoms with van der Waals surface area (Å²) in [7, 11) is 0. The Balaban J connectivity index is 5.03. The van der Waals surface area contributed by atoms with Gasteiger partial charge < -0.3 is 0 Å². The van der Waals surface area contributed by atoms with Crippen molar-refractivity contribution < 1.29 is 9.59 Å². The molecule has 0 aliphatic heterocycles. The Hall–Kier alpha value is -1.24. The van der Waals surface area contributed by atoms with E-state index in [1.54, 1.807) is 12.2 Å². The number of nitrogens with zero attached hydrogens (tertiary/aromatic N) is 2. The molecule has 0 aliphatic carbocycles. The van der Waals surface area contributed by atoms with E-state index in [-0.39, 0.29) is 0 Å². The fraction of sp³-hybridized carbons (Fsp3) is 0.920. The van der Waals surface area contributed by atoms with Gasteiger partial charge in [-0.1, -0.05) is 79.1 Å². The van der Waals surface area contributed by atoms with Crippen molar-refractivity contribution >= 4 is 12.2 Å². The SMILES string of the molecule is CCCCCC(CCCCN=C=O)C(C)(C)C(CCCCC)CCCCN=C=O. The third-order valence-electron chi connectivity index (χ3n) is 6.69. The van der Waals surface area contributed by atoms with Crippen LogP contribution in [-0.4, -0.2) is 25.2 Å². The normalized spacial score (nSPS) is 13.4. The molecule has 168 valence electrons. The van der Waals surface area contributed by atoms with E-state index in [2.05, 4.69) is 37.7 Å². The topological polar surface area (TPSA) is 58.9 Å². The van der Waals surface area contributed by atoms with Crippen LogP contribution in [0.2, 0.25) is 0 Å². The van der Waals surface area contributed by atoms with Gasteiger partial charge in [0.15, 0.2) is 0 Å². The minimum atomic E-state index is 0.309. The van der Waals surface area contributed by atoms with Crippen LogP contribution in [0.5, 0.6) is 0 Å². The van der Waals surface area contributed by atoms with E-state index in [0.717, 1.165) is 25.7 Å². The molecular formula is C25H46N2O2. The van der Waals surface area contributed by atoms with Gasteiger partial charge in [-0.15, -0.1) is 0 Å². The molecule has 4 nitrogen and oxygen atoms in total. The molecule has 0 bridgehead atoms. The Morgan fingerprint density at radius 3 is 1.28 bits per heavy atom. The zero-order chi connectivity index (χ0) is 21.8. The first-order chi connectivity index (χ1) is 14.0. The zero-order valence-electron chi connectivity index (χ0n) is 19.7. The third-order valence-corrected chi connectivity index (χ3v) is 6.69. The van der Waals surface area contributed by atoms with Gasteiger partial charge in [0.25, 0.3) is 0 Å². The highest BCUT2D eigenvalue weighted by Gasteiger charge is 2.35. The molecule has 0 aromatic carbocycles. The van der Waals surface area contributed by atoms with E-state index in [1.165, 1.54) is 64.2 Å². The summed E-state index contributed by atoms with van der Waals surface area (Å²) in [5.41, 5.74) is 0.309. The summed E-state index contributed by atoms with van der Waals surface area (Å²) >= 11 is 0. The number of hydrogen-bond acceptors (Lipinski definition) is 4. The van der Waals surface area contributed by atoms with Gasteiger partial charge >= 0.3 is 0 Å². The first-order valence-electron chi connectivity index (χ1n) is 12.1. The van der Waals surface area contributed by atoms with Gasteiger partial charge in [0, 0.05) is 0 Å². The van der Waals surface area contributed by atoms with Crippen molar-refractivity contribution in [3.63, 3.8) is 0 Å². The summed E-state index contributed by atoms with van der Waals surface area (Å²) in [5, 5.41) is 0. The highest BCUT2D eigenvalue weighted by atomic mass is 16.1. The van der Waals surface area contributed by atoms with Crippen LogP contribution >= 0.6 is 0 Å². The quantitative estimate of drug-likeness (QED) is 0.120. The van der Waals surface area contributed by atoms with Crippen molar-refractivity contribution in [3.05, 3.63) is 0 Å². The smallest absolute Gasteiger partial charge is 0.211 e. The van der Waals surface area contributed by atoms with E-state index < -0.39 is 0 Å². The van der Waals surface area contributed by atoms with Gasteiger partial charge in [-0.05, 0) is 55.8 Å². The Labute approximate surface area is 180 Å². The summed E-state index contributed by atoms with van der Waals surface area (Å²) in [6.45, 7) is 10.8. The maximum atomic E-state index is 10.3. The second-order valence-electron chi connectivity index (χ2n) is 9.14. The Kier molecular flexibility index (Phi) is 18.0. The van der Waals surface area contributed by atoms with E-state index >= 15 is 0 Å². The first kappa shape index (κ1) is 27.8. The number of carbonyl (C=O) groups excluding carboxylic acids is 2. The molecule has 0 rings (SSSR count). The summed E-state index contributed by atoms with van der Waals surface area (Å²) in [6.07, 6.45) is 20.4. The monoisotopic (exact) mass is 406 g/mol. The van der Waals surface area contributed by atoms with Crippen LogP contribution in [0.25, 0.3) is 0 Å². The molecule has 0 heterocycles. The highest BCUT2D eigenvalue weighted by Crippen LogP contribution is 2.45. The number of unbranched alkanes of at least 4 members (excludes halogenated alkanes) is 6. The van der Waals surface area contributed by atoms with E-state index in [1.807, 2.05) is 0 Å². The molecule has 2 unspecified atom stereocenters. The van der Waals surface area contributed by atoms with Crippen LogP contribution in [-0.2, 0) is 9.59 Å². The summed E-state index contributed by atoms with van der Waals surface area (Å²) in [5.74, 6) is 1.43. The third kappa shape index (κ3) is 13.6. The van der Waals surface area contributed by atoms with Crippen LogP contribution < -0.4 is 0 Å². The molecule has 0 saturated carbocycles. The molecule has 0 radical (unpaired) electrons. The Bertz CT molecular complexity index is 435. The molecule has 2 atom stereocenters. The zero-order valence-corrected chi connectivity index (χ0v) is 19.7. The van der Waals surface area contributed by atoms with Crippen molar-refractivity contribution in [2.24, 2.45) is 27.2 Å². The Morgan fingerprint density at radius 2 is 0.966 bits per heavy atom. The standard InChI is InChI=1S/C25H46N2O2/c1-5-7-9-15-23(17-11-13-19-26-21-28)25(3,4)24(16-10-8-6-2)18-12-14-20-27-22-29/h23-24H,5-20H2,1-4H3. The molecule has 0 spiro atoms. The second kappa shape index (κ2) is 18.8. The van der Waals surface area contributed by atoms with E-state index in [0.29, 0.717) is 30.3 Å². The second-order valence-corrected chi connectivity index (χ2v) is 9.14. The number of rotatable bonds is 20. The lowest BCUT2D eigenvalue weighted by atomic mass is 9.63. The molecule has 29 heavy (non-hydrogen) atoms. The molecule has 0 N–H and O–H groups in total. The van der Waals surface area contributed by atoms with Gasteiger partial charge in [-0.2, -0.15) is 0 Å². The maximum absolute atomic E-state index is 10.3. The lowest BCUT2D eigenvalue weighted by molar-refractivity contribution is 0.0782. The summed E-state index contributed by atoms with van der Waals surface area (Å²) < 4.78 is 0. The molecule has 0 aromatic heterocycles. The molecule has 0 amide bonds. The van der Waals surface area contributed by atoms with Crippen molar-refractivity contribution in [1.29, 1.82) is 0 Å². The van der Waals surface area contributed by atoms with Crippen LogP contribution in [0.1, 0.15) is 118 Å². The van der Waals surface area contributed by atoms with Crippen molar-refractivity contribution in [2.45, 2.75) is 118 Å². The van der Waals surface area contributed by atoms with Crippen molar-refractivity contribution in [1.82, 2.24) is 0 Å². The minimum absolute atomic E-state index is 0.309. The molecule has 0 aromatic rings. The average Bonchev–Trinajstić information content (AvgIpc) is 2.70. The molecule has 4 heteroatoms. The largest absolute Gasteiger partial charge is 0.234 e. The van der Waals surface area contributed by atoms with Gasteiger partial charge in [0.05, 0.1) is 13.1 Å². The van der Waals surface area contributed by atoms with Gasteiger partial charge in [0.2, 0.25) is 12.2 Å². The van der Waals surface area contributed by atoms with Gasteiger partial charge in [0.1, 0.15) is 0 Å². The minimum Gasteiger partial charge on any atom is -0.211 e. The first-order valence-corrected chi connectivity index (χ1v) is 12.1. The summed E-state index contributed by atoms with van der Waals surface area (Å²) in [4.78, 5) is 28.0. The number of hydrogen-bond donors (Lipinski definition) is 0. The molecule has 0 aliphatic rings. The van der Waals surface area contributed by atoms with Gasteiger partial charge in [-0.3, -0.25) is 0 Å². The molecule has 0 saturated heterocycles. The van der Waals surface area contributed by atoms with Crippen LogP contribution in [0, 0.1) is 17.3 Å². The van der Waals surface area contributed by atoms with Crippen LogP contribution in [0.4, 0.5) is 0 Å². The van der Waals surface area contributed by atoms with Crippen LogP contribution in [0.3, 0.4) is 0 Å². The summed E-state index contributed by atoms with van der Waals surface area (Å²) in [6, 6.07) is 0. The van der Waals surface area contributed by atoms with Crippen molar-refractivity contribution in [3.8, 4) is 0 Å². The lowest BCUT2D eigenvalue weighted by Gasteiger charge is -2.42. The highest BCUT2D eigenvalue weighted by molar-refractivity contribution is 5.32. The van der Waals surface area contributed by atoms with E-state index in [9.17, 15) is 9.59 Å². The van der Waals surface area contributed by atoms with Gasteiger partial charge in [-0.25, -0.2) is 19.6 Å². The fourth-order valence-corrected chi connectivity index (χ4v) is 4.65. The predicted molar refractivity (Wildman–Crippen MR) is 123 cm³/mol. The predicted octanol–water partition coefficient (Wildman–Crippen LogP) is 7.42. The lowest BCUT2D eigenvalue weighted by Crippen LogP contribution is -2.33. The molecule has 0 fully saturated rings. The molecular weight excluding hydrogens is 360 g/mol.